The van der Waals surface area contributed by atoms with Gasteiger partial charge in [-0.05, 0) is 31.5 Å². The van der Waals surface area contributed by atoms with Gasteiger partial charge < -0.3 is 10.6 Å². The Morgan fingerprint density at radius 2 is 2.00 bits per heavy atom. The third-order valence-electron chi connectivity index (χ3n) is 2.65. The summed E-state index contributed by atoms with van der Waals surface area (Å²) < 4.78 is 0. The van der Waals surface area contributed by atoms with Gasteiger partial charge in [0.05, 0.1) is 11.6 Å². The minimum atomic E-state index is 0.620. The van der Waals surface area contributed by atoms with E-state index in [1.165, 1.54) is 6.33 Å². The Kier molecular flexibility index (Phi) is 3.94. The van der Waals surface area contributed by atoms with E-state index in [9.17, 15) is 0 Å². The van der Waals surface area contributed by atoms with Crippen LogP contribution in [0.15, 0.2) is 30.6 Å². The zero-order valence-corrected chi connectivity index (χ0v) is 10.9. The van der Waals surface area contributed by atoms with Gasteiger partial charge >= 0.3 is 0 Å². The number of hydrogen-bond acceptors (Lipinski definition) is 5. The number of nitrogens with zero attached hydrogens (tertiary/aromatic N) is 3. The lowest BCUT2D eigenvalue weighted by Gasteiger charge is -2.10. The molecule has 0 saturated heterocycles. The van der Waals surface area contributed by atoms with Crippen LogP contribution in [0.4, 0.5) is 17.3 Å². The highest BCUT2D eigenvalue weighted by atomic mass is 15.1. The Balaban J connectivity index is 2.26. The molecule has 2 N–H and O–H groups in total. The molecule has 0 unspecified atom stereocenters. The minimum absolute atomic E-state index is 0.620. The molecule has 0 bridgehead atoms. The van der Waals surface area contributed by atoms with Crippen LogP contribution in [0.3, 0.4) is 0 Å². The van der Waals surface area contributed by atoms with Gasteiger partial charge in [-0.2, -0.15) is 5.26 Å². The molecule has 1 heterocycles. The molecule has 0 amide bonds. The van der Waals surface area contributed by atoms with Crippen LogP contribution in [0.2, 0.25) is 0 Å². The van der Waals surface area contributed by atoms with E-state index in [0.717, 1.165) is 23.6 Å². The SMILES string of the molecule is CCNc1cc(Nc2cc(C#N)ccc2C)ncn1. The highest BCUT2D eigenvalue weighted by Crippen LogP contribution is 2.21. The summed E-state index contributed by atoms with van der Waals surface area (Å²) in [5.74, 6) is 1.47. The molecule has 2 aromatic rings. The van der Waals surface area contributed by atoms with Crippen molar-refractivity contribution in [2.24, 2.45) is 0 Å². The Labute approximate surface area is 112 Å². The fourth-order valence-electron chi connectivity index (χ4n) is 1.67. The molecule has 0 aliphatic carbocycles. The first-order valence-corrected chi connectivity index (χ1v) is 6.06. The summed E-state index contributed by atoms with van der Waals surface area (Å²) >= 11 is 0. The zero-order chi connectivity index (χ0) is 13.7. The lowest BCUT2D eigenvalue weighted by atomic mass is 10.1. The fourth-order valence-corrected chi connectivity index (χ4v) is 1.67. The average molecular weight is 253 g/mol. The summed E-state index contributed by atoms with van der Waals surface area (Å²) in [5, 5.41) is 15.3. The van der Waals surface area contributed by atoms with Crippen molar-refractivity contribution in [3.63, 3.8) is 0 Å². The van der Waals surface area contributed by atoms with E-state index in [0.29, 0.717) is 11.4 Å². The summed E-state index contributed by atoms with van der Waals surface area (Å²) in [7, 11) is 0. The number of nitrogens with one attached hydrogen (secondary N) is 2. The van der Waals surface area contributed by atoms with Crippen LogP contribution < -0.4 is 10.6 Å². The van der Waals surface area contributed by atoms with Gasteiger partial charge in [0.1, 0.15) is 18.0 Å². The topological polar surface area (TPSA) is 73.6 Å². The lowest BCUT2D eigenvalue weighted by molar-refractivity contribution is 1.11. The van der Waals surface area contributed by atoms with Crippen molar-refractivity contribution < 1.29 is 0 Å². The summed E-state index contributed by atoms with van der Waals surface area (Å²) in [5.41, 5.74) is 2.55. The highest BCUT2D eigenvalue weighted by Gasteiger charge is 2.03. The van der Waals surface area contributed by atoms with Crippen LogP contribution in [0.1, 0.15) is 18.1 Å². The third-order valence-corrected chi connectivity index (χ3v) is 2.65. The van der Waals surface area contributed by atoms with Gasteiger partial charge in [-0.3, -0.25) is 0 Å². The van der Waals surface area contributed by atoms with Gasteiger partial charge in [0.2, 0.25) is 0 Å². The maximum atomic E-state index is 8.92. The number of anilines is 3. The molecule has 5 nitrogen and oxygen atoms in total. The van der Waals surface area contributed by atoms with E-state index in [-0.39, 0.29) is 0 Å². The van der Waals surface area contributed by atoms with Gasteiger partial charge in [-0.1, -0.05) is 6.07 Å². The van der Waals surface area contributed by atoms with E-state index in [1.54, 1.807) is 6.07 Å². The Morgan fingerprint density at radius 1 is 1.21 bits per heavy atom. The number of aromatic nitrogens is 2. The van der Waals surface area contributed by atoms with Crippen LogP contribution in [0.25, 0.3) is 0 Å². The largest absolute Gasteiger partial charge is 0.370 e. The molecule has 0 radical (unpaired) electrons. The van der Waals surface area contributed by atoms with Gasteiger partial charge in [-0.15, -0.1) is 0 Å². The molecule has 2 rings (SSSR count). The molecule has 96 valence electrons. The second kappa shape index (κ2) is 5.83. The number of rotatable bonds is 4. The number of nitriles is 1. The van der Waals surface area contributed by atoms with E-state index in [1.807, 2.05) is 32.0 Å². The van der Waals surface area contributed by atoms with Crippen LogP contribution in [-0.4, -0.2) is 16.5 Å². The molecule has 0 saturated carbocycles. The fraction of sp³-hybridized carbons (Fsp3) is 0.214. The summed E-state index contributed by atoms with van der Waals surface area (Å²) in [6, 6.07) is 9.48. The number of aryl methyl sites for hydroxylation is 1. The third kappa shape index (κ3) is 3.19. The molecule has 0 atom stereocenters. The van der Waals surface area contributed by atoms with Gasteiger partial charge in [0, 0.05) is 18.3 Å². The Morgan fingerprint density at radius 3 is 2.74 bits per heavy atom. The van der Waals surface area contributed by atoms with Gasteiger partial charge in [0.25, 0.3) is 0 Å². The minimum Gasteiger partial charge on any atom is -0.370 e. The van der Waals surface area contributed by atoms with Crippen molar-refractivity contribution in [2.45, 2.75) is 13.8 Å². The van der Waals surface area contributed by atoms with Crippen LogP contribution in [0.5, 0.6) is 0 Å². The van der Waals surface area contributed by atoms with Crippen molar-refractivity contribution in [1.29, 1.82) is 5.26 Å². The maximum Gasteiger partial charge on any atom is 0.135 e. The van der Waals surface area contributed by atoms with Crippen LogP contribution >= 0.6 is 0 Å². The summed E-state index contributed by atoms with van der Waals surface area (Å²) in [6.07, 6.45) is 1.50. The molecule has 0 aliphatic rings. The van der Waals surface area contributed by atoms with E-state index < -0.39 is 0 Å². The van der Waals surface area contributed by atoms with Crippen LogP contribution in [0, 0.1) is 18.3 Å². The molecule has 5 heteroatoms. The normalized spacial score (nSPS) is 9.74. The average Bonchev–Trinajstić information content (AvgIpc) is 2.42. The predicted molar refractivity (Wildman–Crippen MR) is 75.4 cm³/mol. The van der Waals surface area contributed by atoms with Crippen molar-refractivity contribution >= 4 is 17.3 Å². The van der Waals surface area contributed by atoms with Crippen molar-refractivity contribution in [1.82, 2.24) is 9.97 Å². The maximum absolute atomic E-state index is 8.92. The predicted octanol–water partition coefficient (Wildman–Crippen LogP) is 2.83. The highest BCUT2D eigenvalue weighted by molar-refractivity contribution is 5.64. The molecule has 19 heavy (non-hydrogen) atoms. The molecule has 1 aromatic heterocycles. The van der Waals surface area contributed by atoms with Gasteiger partial charge in [-0.25, -0.2) is 9.97 Å². The van der Waals surface area contributed by atoms with Gasteiger partial charge in [0.15, 0.2) is 0 Å². The molecule has 0 fully saturated rings. The molecular formula is C14H15N5. The zero-order valence-electron chi connectivity index (χ0n) is 10.9. The van der Waals surface area contributed by atoms with E-state index in [2.05, 4.69) is 26.7 Å². The molecule has 1 aromatic carbocycles. The first-order valence-electron chi connectivity index (χ1n) is 6.06. The molecular weight excluding hydrogens is 238 g/mol. The Bertz CT molecular complexity index is 615. The van der Waals surface area contributed by atoms with Crippen molar-refractivity contribution in [2.75, 3.05) is 17.2 Å². The van der Waals surface area contributed by atoms with E-state index >= 15 is 0 Å². The monoisotopic (exact) mass is 253 g/mol. The van der Waals surface area contributed by atoms with E-state index in [4.69, 9.17) is 5.26 Å². The number of hydrogen-bond donors (Lipinski definition) is 2. The quantitative estimate of drug-likeness (QED) is 0.876. The van der Waals surface area contributed by atoms with Crippen molar-refractivity contribution in [3.05, 3.63) is 41.7 Å². The second-order valence-corrected chi connectivity index (χ2v) is 4.09. The standard InChI is InChI=1S/C14H15N5/c1-3-16-13-7-14(18-9-17-13)19-12-6-11(8-15)5-4-10(12)2/h4-7,9H,3H2,1-2H3,(H2,16,17,18,19). The molecule has 0 spiro atoms. The summed E-state index contributed by atoms with van der Waals surface area (Å²) in [6.45, 7) is 4.80. The second-order valence-electron chi connectivity index (χ2n) is 4.09. The first kappa shape index (κ1) is 12.8. The smallest absolute Gasteiger partial charge is 0.135 e. The first-order chi connectivity index (χ1) is 9.22. The molecule has 0 aliphatic heterocycles. The van der Waals surface area contributed by atoms with Crippen LogP contribution in [-0.2, 0) is 0 Å². The number of benzene rings is 1. The van der Waals surface area contributed by atoms with Crippen molar-refractivity contribution in [3.8, 4) is 6.07 Å². The Hall–Kier alpha value is -2.61. The lowest BCUT2D eigenvalue weighted by Crippen LogP contribution is -2.02. The summed E-state index contributed by atoms with van der Waals surface area (Å²) in [4.78, 5) is 8.28.